The van der Waals surface area contributed by atoms with Gasteiger partial charge >= 0.3 is 0 Å². The van der Waals surface area contributed by atoms with E-state index in [0.717, 1.165) is 30.6 Å². The highest BCUT2D eigenvalue weighted by atomic mass is 16.1. The van der Waals surface area contributed by atoms with Crippen molar-refractivity contribution in [3.8, 4) is 0 Å². The van der Waals surface area contributed by atoms with Crippen LogP contribution in [0.3, 0.4) is 0 Å². The van der Waals surface area contributed by atoms with Crippen molar-refractivity contribution in [3.05, 3.63) is 12.2 Å². The van der Waals surface area contributed by atoms with E-state index >= 15 is 0 Å². The molecule has 0 radical (unpaired) electrons. The number of hydrogen-bond donors (Lipinski definition) is 0. The molecule has 2 fully saturated rings. The first-order valence-corrected chi connectivity index (χ1v) is 7.14. The zero-order valence-electron chi connectivity index (χ0n) is 11.0. The normalized spacial score (nSPS) is 29.9. The van der Waals surface area contributed by atoms with Gasteiger partial charge in [0.15, 0.2) is 0 Å². The van der Waals surface area contributed by atoms with Crippen LogP contribution in [0.2, 0.25) is 0 Å². The zero-order chi connectivity index (χ0) is 12.5. The van der Waals surface area contributed by atoms with Crippen molar-refractivity contribution in [1.82, 2.24) is 14.8 Å². The van der Waals surface area contributed by atoms with Crippen molar-refractivity contribution in [3.63, 3.8) is 0 Å². The number of hydrogen-bond acceptors (Lipinski definition) is 3. The van der Waals surface area contributed by atoms with Gasteiger partial charge in [-0.15, -0.1) is 0 Å². The second kappa shape index (κ2) is 4.82. The van der Waals surface area contributed by atoms with Crippen molar-refractivity contribution in [2.75, 3.05) is 0 Å². The smallest absolute Gasteiger partial charge is 0.140 e. The summed E-state index contributed by atoms with van der Waals surface area (Å²) in [5, 5.41) is 4.11. The molecule has 3 unspecified atom stereocenters. The standard InChI is InChI=1S/C14H21N3O/c1-2-17-14(15-9-16-17)8-13(18)7-12-6-10-3-4-11(12)5-10/h9-12H,2-8H2,1H3. The number of aryl methyl sites for hydroxylation is 1. The number of Topliss-reactive ketones (excluding diaryl/α,β-unsaturated/α-hetero) is 1. The summed E-state index contributed by atoms with van der Waals surface area (Å²) in [5.74, 6) is 3.59. The van der Waals surface area contributed by atoms with Gasteiger partial charge in [-0.3, -0.25) is 4.79 Å². The molecule has 2 aliphatic rings. The third-order valence-electron chi connectivity index (χ3n) is 4.72. The minimum atomic E-state index is 0.343. The van der Waals surface area contributed by atoms with E-state index in [-0.39, 0.29) is 0 Å². The molecule has 18 heavy (non-hydrogen) atoms. The monoisotopic (exact) mass is 247 g/mol. The van der Waals surface area contributed by atoms with Crippen LogP contribution in [0.1, 0.15) is 44.9 Å². The Balaban J connectivity index is 1.56. The highest BCUT2D eigenvalue weighted by Crippen LogP contribution is 2.49. The first-order chi connectivity index (χ1) is 8.76. The lowest BCUT2D eigenvalue weighted by Gasteiger charge is -2.20. The molecule has 0 N–H and O–H groups in total. The Morgan fingerprint density at radius 2 is 2.33 bits per heavy atom. The first-order valence-electron chi connectivity index (χ1n) is 7.14. The number of carbonyl (C=O) groups excluding carboxylic acids is 1. The largest absolute Gasteiger partial charge is 0.299 e. The van der Waals surface area contributed by atoms with Gasteiger partial charge in [-0.25, -0.2) is 9.67 Å². The van der Waals surface area contributed by atoms with E-state index < -0.39 is 0 Å². The van der Waals surface area contributed by atoms with Crippen molar-refractivity contribution < 1.29 is 4.79 Å². The van der Waals surface area contributed by atoms with Crippen LogP contribution < -0.4 is 0 Å². The lowest BCUT2D eigenvalue weighted by atomic mass is 9.85. The second-order valence-corrected chi connectivity index (χ2v) is 5.85. The molecule has 3 rings (SSSR count). The van der Waals surface area contributed by atoms with Crippen LogP contribution in [0.4, 0.5) is 0 Å². The summed E-state index contributed by atoms with van der Waals surface area (Å²) in [4.78, 5) is 16.3. The molecule has 1 aromatic heterocycles. The van der Waals surface area contributed by atoms with Gasteiger partial charge in [0.2, 0.25) is 0 Å². The summed E-state index contributed by atoms with van der Waals surface area (Å²) in [7, 11) is 0. The Labute approximate surface area is 108 Å². The Kier molecular flexibility index (Phi) is 3.18. The topological polar surface area (TPSA) is 47.8 Å². The molecule has 98 valence electrons. The Morgan fingerprint density at radius 3 is 3.00 bits per heavy atom. The van der Waals surface area contributed by atoms with Crippen molar-refractivity contribution in [2.24, 2.45) is 17.8 Å². The van der Waals surface area contributed by atoms with E-state index in [2.05, 4.69) is 10.1 Å². The molecule has 2 bridgehead atoms. The molecule has 0 amide bonds. The predicted octanol–water partition coefficient (Wildman–Crippen LogP) is 2.24. The van der Waals surface area contributed by atoms with Crippen LogP contribution in [0.5, 0.6) is 0 Å². The Hall–Kier alpha value is -1.19. The molecule has 1 heterocycles. The molecule has 4 heteroatoms. The quantitative estimate of drug-likeness (QED) is 0.801. The van der Waals surface area contributed by atoms with Crippen LogP contribution in [-0.4, -0.2) is 20.5 Å². The molecule has 0 spiro atoms. The molecular weight excluding hydrogens is 226 g/mol. The number of fused-ring (bicyclic) bond motifs is 2. The maximum Gasteiger partial charge on any atom is 0.140 e. The zero-order valence-corrected chi connectivity index (χ0v) is 11.0. The fourth-order valence-electron chi connectivity index (χ4n) is 3.86. The fraction of sp³-hybridized carbons (Fsp3) is 0.786. The maximum atomic E-state index is 12.1. The van der Waals surface area contributed by atoms with Gasteiger partial charge < -0.3 is 0 Å². The fourth-order valence-corrected chi connectivity index (χ4v) is 3.86. The van der Waals surface area contributed by atoms with Gasteiger partial charge in [0.25, 0.3) is 0 Å². The summed E-state index contributed by atoms with van der Waals surface area (Å²) in [6.07, 6.45) is 8.19. The highest BCUT2D eigenvalue weighted by molar-refractivity contribution is 5.80. The molecular formula is C14H21N3O. The molecule has 0 aliphatic heterocycles. The number of carbonyl (C=O) groups is 1. The molecule has 0 saturated heterocycles. The molecule has 1 aromatic rings. The minimum Gasteiger partial charge on any atom is -0.299 e. The Bertz CT molecular complexity index is 440. The van der Waals surface area contributed by atoms with Gasteiger partial charge in [-0.1, -0.05) is 6.42 Å². The number of ketones is 1. The second-order valence-electron chi connectivity index (χ2n) is 5.85. The lowest BCUT2D eigenvalue weighted by Crippen LogP contribution is -2.18. The van der Waals surface area contributed by atoms with Gasteiger partial charge in [-0.05, 0) is 43.9 Å². The average molecular weight is 247 g/mol. The van der Waals surface area contributed by atoms with Gasteiger partial charge in [0.1, 0.15) is 17.9 Å². The average Bonchev–Trinajstić information content (AvgIpc) is 3.04. The van der Waals surface area contributed by atoms with Crippen LogP contribution in [0, 0.1) is 17.8 Å². The summed E-state index contributed by atoms with van der Waals surface area (Å²) >= 11 is 0. The third kappa shape index (κ3) is 2.20. The molecule has 2 saturated carbocycles. The summed E-state index contributed by atoms with van der Waals surface area (Å²) in [6, 6.07) is 0. The van der Waals surface area contributed by atoms with Crippen molar-refractivity contribution in [1.29, 1.82) is 0 Å². The van der Waals surface area contributed by atoms with Crippen molar-refractivity contribution in [2.45, 2.75) is 52.0 Å². The van der Waals surface area contributed by atoms with E-state index in [9.17, 15) is 4.79 Å². The van der Waals surface area contributed by atoms with Crippen LogP contribution in [0.15, 0.2) is 6.33 Å². The molecule has 3 atom stereocenters. The summed E-state index contributed by atoms with van der Waals surface area (Å²) < 4.78 is 1.82. The van der Waals surface area contributed by atoms with E-state index in [1.165, 1.54) is 25.7 Å². The van der Waals surface area contributed by atoms with Crippen molar-refractivity contribution >= 4 is 5.78 Å². The molecule has 4 nitrogen and oxygen atoms in total. The number of nitrogens with zero attached hydrogens (tertiary/aromatic N) is 3. The van der Waals surface area contributed by atoms with Crippen LogP contribution in [0.25, 0.3) is 0 Å². The minimum absolute atomic E-state index is 0.343. The van der Waals surface area contributed by atoms with Crippen LogP contribution >= 0.6 is 0 Å². The Morgan fingerprint density at radius 1 is 1.44 bits per heavy atom. The predicted molar refractivity (Wildman–Crippen MR) is 68.0 cm³/mol. The van der Waals surface area contributed by atoms with Gasteiger partial charge in [0, 0.05) is 13.0 Å². The van der Waals surface area contributed by atoms with E-state index in [1.54, 1.807) is 6.33 Å². The molecule has 0 aromatic carbocycles. The van der Waals surface area contributed by atoms with E-state index in [1.807, 2.05) is 11.6 Å². The highest BCUT2D eigenvalue weighted by Gasteiger charge is 2.39. The number of aromatic nitrogens is 3. The van der Waals surface area contributed by atoms with Crippen LogP contribution in [-0.2, 0) is 17.8 Å². The van der Waals surface area contributed by atoms with E-state index in [0.29, 0.717) is 18.1 Å². The summed E-state index contributed by atoms with van der Waals surface area (Å²) in [5.41, 5.74) is 0. The first kappa shape index (κ1) is 11.9. The lowest BCUT2D eigenvalue weighted by molar-refractivity contribution is -0.119. The number of rotatable bonds is 5. The third-order valence-corrected chi connectivity index (χ3v) is 4.72. The van der Waals surface area contributed by atoms with Gasteiger partial charge in [0.05, 0.1) is 6.42 Å². The van der Waals surface area contributed by atoms with E-state index in [4.69, 9.17) is 0 Å². The van der Waals surface area contributed by atoms with Gasteiger partial charge in [-0.2, -0.15) is 5.10 Å². The molecule has 2 aliphatic carbocycles. The maximum absolute atomic E-state index is 12.1. The SMILES string of the molecule is CCn1ncnc1CC(=O)CC1CC2CCC1C2. The summed E-state index contributed by atoms with van der Waals surface area (Å²) in [6.45, 7) is 2.81.